The van der Waals surface area contributed by atoms with Crippen LogP contribution < -0.4 is 5.32 Å². The lowest BCUT2D eigenvalue weighted by Crippen LogP contribution is -2.13. The molecule has 0 saturated carbocycles. The molecule has 3 aromatic rings. The zero-order chi connectivity index (χ0) is 13.9. The lowest BCUT2D eigenvalue weighted by Gasteiger charge is -2.02. The van der Waals surface area contributed by atoms with E-state index in [1.807, 2.05) is 36.4 Å². The van der Waals surface area contributed by atoms with E-state index in [0.717, 1.165) is 22.2 Å². The minimum Gasteiger partial charge on any atom is -0.296 e. The number of nitrogens with one attached hydrogen (secondary N) is 1. The van der Waals surface area contributed by atoms with Crippen molar-refractivity contribution in [3.63, 3.8) is 0 Å². The van der Waals surface area contributed by atoms with Crippen LogP contribution in [0.3, 0.4) is 0 Å². The maximum absolute atomic E-state index is 12.1. The zero-order valence-electron chi connectivity index (χ0n) is 10.2. The Morgan fingerprint density at radius 3 is 2.90 bits per heavy atom. The number of anilines is 1. The molecule has 1 aromatic carbocycles. The molecule has 1 N–H and O–H groups in total. The first kappa shape index (κ1) is 12.3. The SMILES string of the molecule is N#Cc1cnc(NC(=O)c2ccc3ccccc3n2)s1. The van der Waals surface area contributed by atoms with Gasteiger partial charge in [-0.2, -0.15) is 5.26 Å². The maximum Gasteiger partial charge on any atom is 0.276 e. The number of benzene rings is 1. The number of pyridine rings is 1. The lowest BCUT2D eigenvalue weighted by atomic mass is 10.2. The summed E-state index contributed by atoms with van der Waals surface area (Å²) >= 11 is 1.13. The maximum atomic E-state index is 12.1. The summed E-state index contributed by atoms with van der Waals surface area (Å²) in [6, 6.07) is 13.1. The number of carbonyl (C=O) groups is 1. The second-order valence-electron chi connectivity index (χ2n) is 3.98. The van der Waals surface area contributed by atoms with Crippen molar-refractivity contribution >= 4 is 33.3 Å². The Morgan fingerprint density at radius 1 is 1.25 bits per heavy atom. The number of carbonyl (C=O) groups excluding carboxylic acids is 1. The van der Waals surface area contributed by atoms with Crippen molar-refractivity contribution < 1.29 is 4.79 Å². The number of fused-ring (bicyclic) bond motifs is 1. The van der Waals surface area contributed by atoms with Gasteiger partial charge in [-0.3, -0.25) is 10.1 Å². The summed E-state index contributed by atoms with van der Waals surface area (Å²) in [5.41, 5.74) is 1.08. The standard InChI is InChI=1S/C14H8N4OS/c15-7-10-8-16-14(20-10)18-13(19)12-6-5-9-3-1-2-4-11(9)17-12/h1-6,8H,(H,16,18,19). The summed E-state index contributed by atoms with van der Waals surface area (Å²) in [5.74, 6) is -0.338. The second-order valence-corrected chi connectivity index (χ2v) is 5.02. The first-order valence-electron chi connectivity index (χ1n) is 5.79. The molecule has 0 bridgehead atoms. The van der Waals surface area contributed by atoms with Crippen molar-refractivity contribution in [2.45, 2.75) is 0 Å². The molecule has 5 nitrogen and oxygen atoms in total. The molecule has 6 heteroatoms. The van der Waals surface area contributed by atoms with Crippen molar-refractivity contribution in [1.29, 1.82) is 5.26 Å². The molecule has 3 rings (SSSR count). The number of rotatable bonds is 2. The summed E-state index contributed by atoms with van der Waals surface area (Å²) < 4.78 is 0. The van der Waals surface area contributed by atoms with Crippen LogP contribution in [0.25, 0.3) is 10.9 Å². The topological polar surface area (TPSA) is 78.7 Å². The van der Waals surface area contributed by atoms with Crippen LogP contribution in [0, 0.1) is 11.3 Å². The van der Waals surface area contributed by atoms with Crippen molar-refractivity contribution in [2.75, 3.05) is 5.32 Å². The third-order valence-electron chi connectivity index (χ3n) is 2.67. The molecule has 0 aliphatic heterocycles. The van der Waals surface area contributed by atoms with Crippen molar-refractivity contribution in [2.24, 2.45) is 0 Å². The fourth-order valence-corrected chi connectivity index (χ4v) is 2.35. The van der Waals surface area contributed by atoms with E-state index in [0.29, 0.717) is 15.7 Å². The average molecular weight is 280 g/mol. The molecule has 96 valence electrons. The van der Waals surface area contributed by atoms with Crippen LogP contribution in [0.1, 0.15) is 15.4 Å². The molecule has 0 radical (unpaired) electrons. The molecule has 0 fully saturated rings. The third kappa shape index (κ3) is 2.35. The Hall–Kier alpha value is -2.78. The van der Waals surface area contributed by atoms with Gasteiger partial charge in [0.25, 0.3) is 5.91 Å². The number of hydrogen-bond donors (Lipinski definition) is 1. The van der Waals surface area contributed by atoms with Gasteiger partial charge in [0.1, 0.15) is 16.6 Å². The molecule has 2 heterocycles. The lowest BCUT2D eigenvalue weighted by molar-refractivity contribution is 0.102. The van der Waals surface area contributed by atoms with Crippen molar-refractivity contribution in [3.05, 3.63) is 53.2 Å². The van der Waals surface area contributed by atoms with Gasteiger partial charge in [-0.1, -0.05) is 35.6 Å². The molecule has 0 aliphatic carbocycles. The largest absolute Gasteiger partial charge is 0.296 e. The number of para-hydroxylation sites is 1. The Labute approximate surface area is 118 Å². The van der Waals surface area contributed by atoms with E-state index in [1.165, 1.54) is 6.20 Å². The first-order chi connectivity index (χ1) is 9.76. The molecule has 2 aromatic heterocycles. The number of aromatic nitrogens is 2. The van der Waals surface area contributed by atoms with Gasteiger partial charge in [-0.25, -0.2) is 9.97 Å². The fourth-order valence-electron chi connectivity index (χ4n) is 1.74. The number of hydrogen-bond acceptors (Lipinski definition) is 5. The van der Waals surface area contributed by atoms with Crippen LogP contribution in [-0.4, -0.2) is 15.9 Å². The van der Waals surface area contributed by atoms with E-state index in [-0.39, 0.29) is 5.91 Å². The predicted octanol–water partition coefficient (Wildman–Crippen LogP) is 2.82. The van der Waals surface area contributed by atoms with Gasteiger partial charge in [0.2, 0.25) is 0 Å². The second kappa shape index (κ2) is 5.07. The number of nitrogens with zero attached hydrogens (tertiary/aromatic N) is 3. The zero-order valence-corrected chi connectivity index (χ0v) is 11.0. The summed E-state index contributed by atoms with van der Waals surface area (Å²) in [6.45, 7) is 0. The van der Waals surface area contributed by atoms with Crippen LogP contribution in [0.15, 0.2) is 42.6 Å². The molecular formula is C14H8N4OS. The van der Waals surface area contributed by atoms with Gasteiger partial charge in [-0.05, 0) is 12.1 Å². The minimum atomic E-state index is -0.338. The highest BCUT2D eigenvalue weighted by Gasteiger charge is 2.10. The van der Waals surface area contributed by atoms with Gasteiger partial charge in [0.15, 0.2) is 5.13 Å². The van der Waals surface area contributed by atoms with E-state index in [2.05, 4.69) is 15.3 Å². The molecule has 0 aliphatic rings. The molecule has 0 spiro atoms. The smallest absolute Gasteiger partial charge is 0.276 e. The average Bonchev–Trinajstić information content (AvgIpc) is 2.94. The summed E-state index contributed by atoms with van der Waals surface area (Å²) in [5, 5.41) is 12.7. The number of thiazole rings is 1. The molecular weight excluding hydrogens is 272 g/mol. The summed E-state index contributed by atoms with van der Waals surface area (Å²) in [7, 11) is 0. The van der Waals surface area contributed by atoms with E-state index in [4.69, 9.17) is 5.26 Å². The van der Waals surface area contributed by atoms with Gasteiger partial charge in [0.05, 0.1) is 11.7 Å². The van der Waals surface area contributed by atoms with Gasteiger partial charge >= 0.3 is 0 Å². The molecule has 1 amide bonds. The van der Waals surface area contributed by atoms with Gasteiger partial charge in [0, 0.05) is 5.39 Å². The molecule has 0 saturated heterocycles. The fraction of sp³-hybridized carbons (Fsp3) is 0. The third-order valence-corrected chi connectivity index (χ3v) is 3.48. The van der Waals surface area contributed by atoms with Crippen LogP contribution in [0.2, 0.25) is 0 Å². The van der Waals surface area contributed by atoms with Crippen LogP contribution in [0.5, 0.6) is 0 Å². The minimum absolute atomic E-state index is 0.317. The highest BCUT2D eigenvalue weighted by atomic mass is 32.1. The molecule has 0 atom stereocenters. The highest BCUT2D eigenvalue weighted by molar-refractivity contribution is 7.16. The number of nitriles is 1. The normalized spacial score (nSPS) is 10.2. The number of amides is 1. The molecule has 20 heavy (non-hydrogen) atoms. The first-order valence-corrected chi connectivity index (χ1v) is 6.61. The van der Waals surface area contributed by atoms with Gasteiger partial charge < -0.3 is 0 Å². The Morgan fingerprint density at radius 2 is 2.10 bits per heavy atom. The molecule has 0 unspecified atom stereocenters. The predicted molar refractivity (Wildman–Crippen MR) is 76.5 cm³/mol. The van der Waals surface area contributed by atoms with Crippen molar-refractivity contribution in [1.82, 2.24) is 9.97 Å². The Kier molecular flexibility index (Phi) is 3.11. The quantitative estimate of drug-likeness (QED) is 0.782. The van der Waals surface area contributed by atoms with E-state index in [9.17, 15) is 4.79 Å². The summed E-state index contributed by atoms with van der Waals surface area (Å²) in [6.07, 6.45) is 1.42. The highest BCUT2D eigenvalue weighted by Crippen LogP contribution is 2.18. The van der Waals surface area contributed by atoms with Crippen LogP contribution in [0.4, 0.5) is 5.13 Å². The Balaban J connectivity index is 1.86. The van der Waals surface area contributed by atoms with E-state index < -0.39 is 0 Å². The van der Waals surface area contributed by atoms with Crippen LogP contribution >= 0.6 is 11.3 Å². The van der Waals surface area contributed by atoms with E-state index in [1.54, 1.807) is 6.07 Å². The van der Waals surface area contributed by atoms with Crippen molar-refractivity contribution in [3.8, 4) is 6.07 Å². The Bertz CT molecular complexity index is 834. The van der Waals surface area contributed by atoms with Gasteiger partial charge in [-0.15, -0.1) is 0 Å². The summed E-state index contributed by atoms with van der Waals surface area (Å²) in [4.78, 5) is 20.8. The van der Waals surface area contributed by atoms with E-state index >= 15 is 0 Å². The van der Waals surface area contributed by atoms with Crippen LogP contribution in [-0.2, 0) is 0 Å². The monoisotopic (exact) mass is 280 g/mol.